The van der Waals surface area contributed by atoms with Gasteiger partial charge in [0.15, 0.2) is 0 Å². The molecule has 1 aliphatic rings. The Hall–Kier alpha value is -2.18. The van der Waals surface area contributed by atoms with Crippen molar-refractivity contribution in [3.05, 3.63) is 41.7 Å². The van der Waals surface area contributed by atoms with E-state index in [0.717, 1.165) is 38.4 Å². The monoisotopic (exact) mass is 288 g/mol. The van der Waals surface area contributed by atoms with Crippen LogP contribution in [0.1, 0.15) is 16.1 Å². The second-order valence-electron chi connectivity index (χ2n) is 4.97. The van der Waals surface area contributed by atoms with Crippen molar-refractivity contribution in [1.29, 1.82) is 0 Å². The number of carboxylic acids is 1. The number of hydrogen-bond acceptors (Lipinski definition) is 5. The van der Waals surface area contributed by atoms with Crippen molar-refractivity contribution < 1.29 is 19.2 Å². The van der Waals surface area contributed by atoms with Crippen molar-refractivity contribution >= 4 is 5.97 Å². The van der Waals surface area contributed by atoms with Crippen molar-refractivity contribution in [3.8, 4) is 11.3 Å². The topological polar surface area (TPSA) is 75.8 Å². The van der Waals surface area contributed by atoms with Crippen molar-refractivity contribution in [1.82, 2.24) is 10.1 Å². The van der Waals surface area contributed by atoms with Crippen LogP contribution in [0.4, 0.5) is 0 Å². The Morgan fingerprint density at radius 2 is 1.95 bits per heavy atom. The summed E-state index contributed by atoms with van der Waals surface area (Å²) in [5.74, 6) is -1.26. The summed E-state index contributed by atoms with van der Waals surface area (Å²) in [6.07, 6.45) is 0. The van der Waals surface area contributed by atoms with Crippen LogP contribution in [0.2, 0.25) is 0 Å². The summed E-state index contributed by atoms with van der Waals surface area (Å²) in [5.41, 5.74) is 2.59. The molecule has 3 rings (SSSR count). The smallest absolute Gasteiger partial charge is 0.374 e. The zero-order valence-electron chi connectivity index (χ0n) is 11.5. The van der Waals surface area contributed by atoms with Gasteiger partial charge >= 0.3 is 5.97 Å². The van der Waals surface area contributed by atoms with Crippen LogP contribution in [0.3, 0.4) is 0 Å². The molecular weight excluding hydrogens is 272 g/mol. The SMILES string of the molecule is O=C(O)c1cc(-c2ccc(CN3CCOCC3)cc2)no1. The number of carbonyl (C=O) groups is 1. The fraction of sp³-hybridized carbons (Fsp3) is 0.333. The highest BCUT2D eigenvalue weighted by Gasteiger charge is 2.13. The van der Waals surface area contributed by atoms with Gasteiger partial charge in [-0.05, 0) is 5.56 Å². The predicted molar refractivity (Wildman–Crippen MR) is 75.0 cm³/mol. The molecule has 0 unspecified atom stereocenters. The average molecular weight is 288 g/mol. The molecule has 6 nitrogen and oxygen atoms in total. The Balaban J connectivity index is 1.69. The molecule has 0 saturated carbocycles. The molecule has 2 aromatic rings. The molecular formula is C15H16N2O4. The van der Waals surface area contributed by atoms with E-state index in [2.05, 4.69) is 10.1 Å². The van der Waals surface area contributed by atoms with Gasteiger partial charge in [-0.15, -0.1) is 0 Å². The largest absolute Gasteiger partial charge is 0.475 e. The highest BCUT2D eigenvalue weighted by molar-refractivity contribution is 5.85. The van der Waals surface area contributed by atoms with Crippen LogP contribution in [0, 0.1) is 0 Å². The van der Waals surface area contributed by atoms with Crippen molar-refractivity contribution in [2.24, 2.45) is 0 Å². The zero-order chi connectivity index (χ0) is 14.7. The second-order valence-corrected chi connectivity index (χ2v) is 4.97. The minimum Gasteiger partial charge on any atom is -0.475 e. The van der Waals surface area contributed by atoms with Crippen molar-refractivity contribution in [2.45, 2.75) is 6.54 Å². The maximum atomic E-state index is 10.8. The van der Waals surface area contributed by atoms with Gasteiger partial charge in [-0.25, -0.2) is 4.79 Å². The Bertz CT molecular complexity index is 615. The van der Waals surface area contributed by atoms with Crippen LogP contribution in [0.5, 0.6) is 0 Å². The quantitative estimate of drug-likeness (QED) is 0.925. The minimum atomic E-state index is -1.11. The third kappa shape index (κ3) is 3.29. The Morgan fingerprint density at radius 1 is 1.24 bits per heavy atom. The Kier molecular flexibility index (Phi) is 3.98. The first-order chi connectivity index (χ1) is 10.2. The number of hydrogen-bond donors (Lipinski definition) is 1. The number of aromatic nitrogens is 1. The second kappa shape index (κ2) is 6.07. The standard InChI is InChI=1S/C15H16N2O4/c18-15(19)14-9-13(16-21-14)12-3-1-11(2-4-12)10-17-5-7-20-8-6-17/h1-4,9H,5-8,10H2,(H,18,19). The van der Waals surface area contributed by atoms with Gasteiger partial charge < -0.3 is 14.4 Å². The summed E-state index contributed by atoms with van der Waals surface area (Å²) in [6.45, 7) is 4.37. The van der Waals surface area contributed by atoms with E-state index in [4.69, 9.17) is 14.4 Å². The third-order valence-electron chi connectivity index (χ3n) is 3.48. The van der Waals surface area contributed by atoms with Gasteiger partial charge in [-0.3, -0.25) is 4.90 Å². The summed E-state index contributed by atoms with van der Waals surface area (Å²) in [7, 11) is 0. The molecule has 0 aliphatic carbocycles. The van der Waals surface area contributed by atoms with Crippen molar-refractivity contribution in [2.75, 3.05) is 26.3 Å². The number of morpholine rings is 1. The summed E-state index contributed by atoms with van der Waals surface area (Å²) in [6, 6.07) is 9.34. The fourth-order valence-corrected chi connectivity index (χ4v) is 2.31. The van der Waals surface area contributed by atoms with Crippen LogP contribution in [-0.2, 0) is 11.3 Å². The lowest BCUT2D eigenvalue weighted by atomic mass is 10.1. The molecule has 1 aromatic heterocycles. The Labute approximate surface area is 121 Å². The van der Waals surface area contributed by atoms with Gasteiger partial charge in [-0.2, -0.15) is 0 Å². The zero-order valence-corrected chi connectivity index (χ0v) is 11.5. The van der Waals surface area contributed by atoms with E-state index in [0.29, 0.717) is 5.69 Å². The number of benzene rings is 1. The maximum absolute atomic E-state index is 10.8. The van der Waals surface area contributed by atoms with E-state index in [1.807, 2.05) is 24.3 Å². The van der Waals surface area contributed by atoms with Crippen LogP contribution in [-0.4, -0.2) is 47.4 Å². The molecule has 0 radical (unpaired) electrons. The number of ether oxygens (including phenoxy) is 1. The molecule has 110 valence electrons. The predicted octanol–water partition coefficient (Wildman–Crippen LogP) is 1.87. The first kappa shape index (κ1) is 13.8. The molecule has 21 heavy (non-hydrogen) atoms. The minimum absolute atomic E-state index is 0.151. The summed E-state index contributed by atoms with van der Waals surface area (Å²) in [4.78, 5) is 13.1. The van der Waals surface area contributed by atoms with Gasteiger partial charge in [0.25, 0.3) is 0 Å². The first-order valence-corrected chi connectivity index (χ1v) is 6.82. The molecule has 0 bridgehead atoms. The van der Waals surface area contributed by atoms with Gasteiger partial charge in [-0.1, -0.05) is 29.4 Å². The van der Waals surface area contributed by atoms with E-state index >= 15 is 0 Å². The van der Waals surface area contributed by atoms with E-state index in [1.165, 1.54) is 11.6 Å². The van der Waals surface area contributed by atoms with Crippen molar-refractivity contribution in [3.63, 3.8) is 0 Å². The lowest BCUT2D eigenvalue weighted by Crippen LogP contribution is -2.35. The molecule has 1 aromatic carbocycles. The molecule has 0 spiro atoms. The molecule has 0 amide bonds. The van der Waals surface area contributed by atoms with Crippen LogP contribution >= 0.6 is 0 Å². The molecule has 1 N–H and O–H groups in total. The number of rotatable bonds is 4. The molecule has 1 aliphatic heterocycles. The van der Waals surface area contributed by atoms with E-state index in [1.54, 1.807) is 0 Å². The van der Waals surface area contributed by atoms with Crippen LogP contribution < -0.4 is 0 Å². The highest BCUT2D eigenvalue weighted by atomic mass is 16.5. The number of aromatic carboxylic acids is 1. The first-order valence-electron chi connectivity index (χ1n) is 6.82. The lowest BCUT2D eigenvalue weighted by molar-refractivity contribution is 0.0342. The average Bonchev–Trinajstić information content (AvgIpc) is 2.99. The summed E-state index contributed by atoms with van der Waals surface area (Å²) < 4.78 is 10.1. The normalized spacial score (nSPS) is 16.0. The molecule has 0 atom stereocenters. The third-order valence-corrected chi connectivity index (χ3v) is 3.48. The molecule has 2 heterocycles. The van der Waals surface area contributed by atoms with Gasteiger partial charge in [0.2, 0.25) is 5.76 Å². The maximum Gasteiger partial charge on any atom is 0.374 e. The summed E-state index contributed by atoms with van der Waals surface area (Å²) in [5, 5.41) is 12.6. The molecule has 6 heteroatoms. The van der Waals surface area contributed by atoms with Gasteiger partial charge in [0.1, 0.15) is 5.69 Å². The van der Waals surface area contributed by atoms with E-state index in [-0.39, 0.29) is 5.76 Å². The van der Waals surface area contributed by atoms with E-state index in [9.17, 15) is 4.79 Å². The van der Waals surface area contributed by atoms with Gasteiger partial charge in [0.05, 0.1) is 13.2 Å². The van der Waals surface area contributed by atoms with E-state index < -0.39 is 5.97 Å². The highest BCUT2D eigenvalue weighted by Crippen LogP contribution is 2.20. The van der Waals surface area contributed by atoms with Gasteiger partial charge in [0, 0.05) is 31.3 Å². The van der Waals surface area contributed by atoms with Crippen LogP contribution in [0.25, 0.3) is 11.3 Å². The number of carboxylic acid groups (broad SMARTS) is 1. The summed E-state index contributed by atoms with van der Waals surface area (Å²) >= 11 is 0. The fourth-order valence-electron chi connectivity index (χ4n) is 2.31. The molecule has 1 saturated heterocycles. The molecule has 1 fully saturated rings. The number of nitrogens with zero attached hydrogens (tertiary/aromatic N) is 2. The lowest BCUT2D eigenvalue weighted by Gasteiger charge is -2.26. The Morgan fingerprint density at radius 3 is 2.57 bits per heavy atom. The van der Waals surface area contributed by atoms with Crippen LogP contribution in [0.15, 0.2) is 34.9 Å².